The Hall–Kier alpha value is -0.120. The van der Waals surface area contributed by atoms with Crippen molar-refractivity contribution in [3.05, 3.63) is 0 Å². The molecule has 0 aromatic heterocycles. The van der Waals surface area contributed by atoms with Crippen LogP contribution in [0.4, 0.5) is 0 Å². The van der Waals surface area contributed by atoms with Gasteiger partial charge in [-0.1, -0.05) is 20.8 Å². The number of likely N-dealkylation sites (N-methyl/N-ethyl adjacent to an activating group) is 1. The maximum Gasteiger partial charge on any atom is 0.0613 e. The number of aliphatic hydroxyl groups excluding tert-OH is 1. The topological polar surface area (TPSA) is 35.5 Å². The quantitative estimate of drug-likeness (QED) is 0.601. The molecule has 0 heterocycles. The summed E-state index contributed by atoms with van der Waals surface area (Å²) >= 11 is 0. The molecule has 0 bridgehead atoms. The Balaban J connectivity index is 3.92. The summed E-state index contributed by atoms with van der Waals surface area (Å²) in [5.41, 5.74) is -0.0538. The Morgan fingerprint density at radius 3 is 2.31 bits per heavy atom. The van der Waals surface area contributed by atoms with Gasteiger partial charge in [-0.05, 0) is 52.4 Å². The summed E-state index contributed by atoms with van der Waals surface area (Å²) < 4.78 is 0. The molecule has 0 aromatic rings. The molecule has 0 aliphatic rings. The highest BCUT2D eigenvalue weighted by molar-refractivity contribution is 4.85. The van der Waals surface area contributed by atoms with Crippen LogP contribution in [0.5, 0.6) is 0 Å². The van der Waals surface area contributed by atoms with Gasteiger partial charge >= 0.3 is 0 Å². The lowest BCUT2D eigenvalue weighted by molar-refractivity contribution is 0.142. The number of hydrogen-bond acceptors (Lipinski definition) is 3. The van der Waals surface area contributed by atoms with Crippen molar-refractivity contribution < 1.29 is 5.11 Å². The smallest absolute Gasteiger partial charge is 0.0613 e. The van der Waals surface area contributed by atoms with Crippen LogP contribution >= 0.6 is 0 Å². The van der Waals surface area contributed by atoms with E-state index in [1.807, 2.05) is 0 Å². The number of aliphatic hydroxyl groups is 1. The molecule has 2 N–H and O–H groups in total. The summed E-state index contributed by atoms with van der Waals surface area (Å²) in [6, 6.07) is 0. The van der Waals surface area contributed by atoms with Crippen molar-refractivity contribution in [2.24, 2.45) is 0 Å². The Kier molecular flexibility index (Phi) is 8.90. The monoisotopic (exact) mass is 230 g/mol. The van der Waals surface area contributed by atoms with Gasteiger partial charge in [0.2, 0.25) is 0 Å². The molecule has 1 atom stereocenters. The fourth-order valence-corrected chi connectivity index (χ4v) is 2.19. The number of nitrogens with one attached hydrogen (secondary N) is 1. The van der Waals surface area contributed by atoms with E-state index in [0.29, 0.717) is 0 Å². The van der Waals surface area contributed by atoms with Crippen molar-refractivity contribution in [1.82, 2.24) is 10.2 Å². The molecule has 0 saturated carbocycles. The molecule has 98 valence electrons. The van der Waals surface area contributed by atoms with Gasteiger partial charge in [-0.15, -0.1) is 0 Å². The minimum Gasteiger partial charge on any atom is -0.394 e. The van der Waals surface area contributed by atoms with Crippen molar-refractivity contribution in [3.63, 3.8) is 0 Å². The van der Waals surface area contributed by atoms with Gasteiger partial charge in [0, 0.05) is 5.54 Å². The lowest BCUT2D eigenvalue weighted by Gasteiger charge is -2.32. The summed E-state index contributed by atoms with van der Waals surface area (Å²) in [6.07, 6.45) is 4.41. The fraction of sp³-hybridized carbons (Fsp3) is 1.00. The first-order valence-electron chi connectivity index (χ1n) is 6.68. The Bertz CT molecular complexity index is 158. The summed E-state index contributed by atoms with van der Waals surface area (Å²) in [5.74, 6) is 0. The van der Waals surface area contributed by atoms with Crippen molar-refractivity contribution in [2.45, 2.75) is 52.0 Å². The van der Waals surface area contributed by atoms with Crippen molar-refractivity contribution >= 4 is 0 Å². The van der Waals surface area contributed by atoms with Crippen LogP contribution in [-0.2, 0) is 0 Å². The maximum atomic E-state index is 9.50. The van der Waals surface area contributed by atoms with E-state index in [2.05, 4.69) is 38.0 Å². The number of nitrogens with zero attached hydrogens (tertiary/aromatic N) is 1. The first-order valence-corrected chi connectivity index (χ1v) is 6.68. The number of rotatable bonds is 10. The molecule has 0 rings (SSSR count). The zero-order valence-corrected chi connectivity index (χ0v) is 11.6. The van der Waals surface area contributed by atoms with E-state index in [1.54, 1.807) is 0 Å². The molecule has 0 aliphatic carbocycles. The minimum absolute atomic E-state index is 0.0538. The van der Waals surface area contributed by atoms with E-state index in [9.17, 15) is 5.11 Å². The lowest BCUT2D eigenvalue weighted by atomic mass is 9.91. The summed E-state index contributed by atoms with van der Waals surface area (Å²) in [6.45, 7) is 9.92. The van der Waals surface area contributed by atoms with Crippen LogP contribution in [0, 0.1) is 0 Å². The van der Waals surface area contributed by atoms with Gasteiger partial charge in [-0.25, -0.2) is 0 Å². The largest absolute Gasteiger partial charge is 0.394 e. The van der Waals surface area contributed by atoms with Crippen LogP contribution in [0.15, 0.2) is 0 Å². The average Bonchev–Trinajstić information content (AvgIpc) is 2.28. The van der Waals surface area contributed by atoms with Gasteiger partial charge < -0.3 is 15.3 Å². The van der Waals surface area contributed by atoms with Gasteiger partial charge in [0.25, 0.3) is 0 Å². The van der Waals surface area contributed by atoms with Crippen LogP contribution in [-0.4, -0.2) is 48.8 Å². The molecule has 0 radical (unpaired) electrons. The van der Waals surface area contributed by atoms with E-state index in [4.69, 9.17) is 0 Å². The van der Waals surface area contributed by atoms with Crippen molar-refractivity contribution in [2.75, 3.05) is 33.3 Å². The zero-order chi connectivity index (χ0) is 12.4. The third-order valence-corrected chi connectivity index (χ3v) is 3.33. The third kappa shape index (κ3) is 5.83. The van der Waals surface area contributed by atoms with E-state index in [1.165, 1.54) is 13.0 Å². The van der Waals surface area contributed by atoms with Gasteiger partial charge in [-0.2, -0.15) is 0 Å². The standard InChI is InChI=1S/C13H30N2O/c1-5-10-15(4)11-8-9-13(6-2,12-16)14-7-3/h14,16H,5-12H2,1-4H3. The molecule has 0 aliphatic heterocycles. The third-order valence-electron chi connectivity index (χ3n) is 3.33. The molecule has 0 spiro atoms. The van der Waals surface area contributed by atoms with Crippen LogP contribution in [0.1, 0.15) is 46.5 Å². The second-order valence-corrected chi connectivity index (χ2v) is 4.73. The SMILES string of the molecule is CCCN(C)CCCC(CC)(CO)NCC. The van der Waals surface area contributed by atoms with Crippen molar-refractivity contribution in [1.29, 1.82) is 0 Å². The van der Waals surface area contributed by atoms with Crippen LogP contribution in [0.2, 0.25) is 0 Å². The minimum atomic E-state index is -0.0538. The van der Waals surface area contributed by atoms with Gasteiger partial charge in [0.1, 0.15) is 0 Å². The summed E-state index contributed by atoms with van der Waals surface area (Å²) in [4.78, 5) is 2.36. The Labute approximate surface area is 101 Å². The lowest BCUT2D eigenvalue weighted by Crippen LogP contribution is -2.48. The van der Waals surface area contributed by atoms with Gasteiger partial charge in [0.15, 0.2) is 0 Å². The normalized spacial score (nSPS) is 15.4. The molecule has 16 heavy (non-hydrogen) atoms. The summed E-state index contributed by atoms with van der Waals surface area (Å²) in [7, 11) is 2.17. The average molecular weight is 230 g/mol. The van der Waals surface area contributed by atoms with Gasteiger partial charge in [-0.3, -0.25) is 0 Å². The highest BCUT2D eigenvalue weighted by Gasteiger charge is 2.25. The van der Waals surface area contributed by atoms with Crippen LogP contribution in [0.25, 0.3) is 0 Å². The molecule has 0 saturated heterocycles. The Morgan fingerprint density at radius 1 is 1.19 bits per heavy atom. The van der Waals surface area contributed by atoms with E-state index >= 15 is 0 Å². The predicted octanol–water partition coefficient (Wildman–Crippen LogP) is 1.86. The molecule has 3 nitrogen and oxygen atoms in total. The molecular formula is C13H30N2O. The maximum absolute atomic E-state index is 9.50. The van der Waals surface area contributed by atoms with Gasteiger partial charge in [0.05, 0.1) is 6.61 Å². The molecule has 0 amide bonds. The van der Waals surface area contributed by atoms with Crippen molar-refractivity contribution in [3.8, 4) is 0 Å². The second-order valence-electron chi connectivity index (χ2n) is 4.73. The zero-order valence-electron chi connectivity index (χ0n) is 11.6. The highest BCUT2D eigenvalue weighted by Crippen LogP contribution is 2.17. The summed E-state index contributed by atoms with van der Waals surface area (Å²) in [5, 5.41) is 12.9. The Morgan fingerprint density at radius 2 is 1.88 bits per heavy atom. The molecular weight excluding hydrogens is 200 g/mol. The van der Waals surface area contributed by atoms with E-state index < -0.39 is 0 Å². The second kappa shape index (κ2) is 8.97. The van der Waals surface area contributed by atoms with Crippen LogP contribution in [0.3, 0.4) is 0 Å². The van der Waals surface area contributed by atoms with E-state index in [0.717, 1.165) is 32.4 Å². The highest BCUT2D eigenvalue weighted by atomic mass is 16.3. The molecule has 0 fully saturated rings. The predicted molar refractivity (Wildman–Crippen MR) is 70.8 cm³/mol. The fourth-order valence-electron chi connectivity index (χ4n) is 2.19. The molecule has 3 heteroatoms. The van der Waals surface area contributed by atoms with E-state index in [-0.39, 0.29) is 12.1 Å². The molecule has 1 unspecified atom stereocenters. The first kappa shape index (κ1) is 15.9. The molecule has 0 aromatic carbocycles. The number of hydrogen-bond donors (Lipinski definition) is 2. The first-order chi connectivity index (χ1) is 7.64. The van der Waals surface area contributed by atoms with Crippen LogP contribution < -0.4 is 5.32 Å².